The molecular formula is C16H15F2N3. The number of aryl methyl sites for hydroxylation is 1. The maximum absolute atomic E-state index is 13.5. The van der Waals surface area contributed by atoms with Crippen LogP contribution in [0.1, 0.15) is 19.2 Å². The fourth-order valence-electron chi connectivity index (χ4n) is 2.49. The van der Waals surface area contributed by atoms with Crippen molar-refractivity contribution >= 4 is 16.7 Å². The van der Waals surface area contributed by atoms with E-state index in [1.807, 2.05) is 13.0 Å². The standard InChI is InChI=1S/C16H15F2N3/c1-2-3-16-20-14-9-12(19)4-5-15(14)21(16)13-7-10(17)6-11(18)8-13/h4-9H,2-3,19H2,1H3. The fourth-order valence-corrected chi connectivity index (χ4v) is 2.49. The summed E-state index contributed by atoms with van der Waals surface area (Å²) in [4.78, 5) is 4.54. The minimum absolute atomic E-state index is 0.434. The molecule has 1 heterocycles. The van der Waals surface area contributed by atoms with Crippen molar-refractivity contribution in [3.63, 3.8) is 0 Å². The highest BCUT2D eigenvalue weighted by atomic mass is 19.1. The van der Waals surface area contributed by atoms with E-state index < -0.39 is 11.6 Å². The average Bonchev–Trinajstić information content (AvgIpc) is 2.75. The summed E-state index contributed by atoms with van der Waals surface area (Å²) >= 11 is 0. The number of aromatic nitrogens is 2. The predicted octanol–water partition coefficient (Wildman–Crippen LogP) is 3.84. The van der Waals surface area contributed by atoms with Gasteiger partial charge in [-0.05, 0) is 36.8 Å². The topological polar surface area (TPSA) is 43.8 Å². The summed E-state index contributed by atoms with van der Waals surface area (Å²) in [6.07, 6.45) is 1.60. The third kappa shape index (κ3) is 2.46. The van der Waals surface area contributed by atoms with Crippen molar-refractivity contribution < 1.29 is 8.78 Å². The number of anilines is 1. The lowest BCUT2D eigenvalue weighted by molar-refractivity contribution is 0.581. The molecule has 3 rings (SSSR count). The van der Waals surface area contributed by atoms with E-state index in [1.54, 1.807) is 16.7 Å². The largest absolute Gasteiger partial charge is 0.399 e. The molecule has 0 aliphatic heterocycles. The number of hydrogen-bond donors (Lipinski definition) is 1. The quantitative estimate of drug-likeness (QED) is 0.744. The molecule has 0 atom stereocenters. The average molecular weight is 287 g/mol. The summed E-state index contributed by atoms with van der Waals surface area (Å²) in [6.45, 7) is 2.03. The van der Waals surface area contributed by atoms with Crippen LogP contribution in [0.3, 0.4) is 0 Å². The molecule has 21 heavy (non-hydrogen) atoms. The zero-order chi connectivity index (χ0) is 15.0. The second-order valence-corrected chi connectivity index (χ2v) is 4.99. The Bertz CT molecular complexity index is 788. The van der Waals surface area contributed by atoms with Crippen LogP contribution in [0.15, 0.2) is 36.4 Å². The Labute approximate surface area is 121 Å². The highest BCUT2D eigenvalue weighted by Gasteiger charge is 2.13. The number of nitrogen functional groups attached to an aromatic ring is 1. The fraction of sp³-hybridized carbons (Fsp3) is 0.188. The lowest BCUT2D eigenvalue weighted by Crippen LogP contribution is -2.02. The van der Waals surface area contributed by atoms with Crippen LogP contribution >= 0.6 is 0 Å². The van der Waals surface area contributed by atoms with Gasteiger partial charge >= 0.3 is 0 Å². The maximum Gasteiger partial charge on any atom is 0.128 e. The maximum atomic E-state index is 13.5. The molecule has 3 aromatic rings. The molecular weight excluding hydrogens is 272 g/mol. The minimum atomic E-state index is -0.607. The smallest absolute Gasteiger partial charge is 0.128 e. The summed E-state index contributed by atoms with van der Waals surface area (Å²) in [5.41, 5.74) is 8.33. The van der Waals surface area contributed by atoms with Crippen LogP contribution in [0.5, 0.6) is 0 Å². The van der Waals surface area contributed by atoms with Crippen molar-refractivity contribution in [2.45, 2.75) is 19.8 Å². The first-order valence-electron chi connectivity index (χ1n) is 6.82. The van der Waals surface area contributed by atoms with E-state index in [0.29, 0.717) is 17.8 Å². The molecule has 1 aromatic heterocycles. The van der Waals surface area contributed by atoms with Gasteiger partial charge in [0.05, 0.1) is 16.7 Å². The van der Waals surface area contributed by atoms with Gasteiger partial charge in [-0.15, -0.1) is 0 Å². The Kier molecular flexibility index (Phi) is 3.33. The van der Waals surface area contributed by atoms with E-state index >= 15 is 0 Å². The number of rotatable bonds is 3. The van der Waals surface area contributed by atoms with E-state index in [4.69, 9.17) is 5.73 Å². The molecule has 0 aliphatic rings. The van der Waals surface area contributed by atoms with Crippen LogP contribution in [0.4, 0.5) is 14.5 Å². The van der Waals surface area contributed by atoms with E-state index in [0.717, 1.165) is 29.3 Å². The van der Waals surface area contributed by atoms with Gasteiger partial charge in [0, 0.05) is 18.2 Å². The number of hydrogen-bond acceptors (Lipinski definition) is 2. The molecule has 2 aromatic carbocycles. The molecule has 2 N–H and O–H groups in total. The van der Waals surface area contributed by atoms with E-state index in [-0.39, 0.29) is 0 Å². The van der Waals surface area contributed by atoms with Crippen molar-refractivity contribution in [3.8, 4) is 5.69 Å². The zero-order valence-corrected chi connectivity index (χ0v) is 11.6. The van der Waals surface area contributed by atoms with Crippen molar-refractivity contribution in [1.29, 1.82) is 0 Å². The third-order valence-corrected chi connectivity index (χ3v) is 3.33. The van der Waals surface area contributed by atoms with Gasteiger partial charge in [0.2, 0.25) is 0 Å². The first kappa shape index (κ1) is 13.5. The minimum Gasteiger partial charge on any atom is -0.399 e. The molecule has 0 bridgehead atoms. The van der Waals surface area contributed by atoms with Crippen LogP contribution in [0.2, 0.25) is 0 Å². The number of halogens is 2. The van der Waals surface area contributed by atoms with Gasteiger partial charge in [0.1, 0.15) is 17.5 Å². The van der Waals surface area contributed by atoms with Crippen LogP contribution in [-0.4, -0.2) is 9.55 Å². The summed E-state index contributed by atoms with van der Waals surface area (Å²) < 4.78 is 28.8. The lowest BCUT2D eigenvalue weighted by Gasteiger charge is -2.09. The molecule has 0 radical (unpaired) electrons. The predicted molar refractivity (Wildman–Crippen MR) is 79.4 cm³/mol. The summed E-state index contributed by atoms with van der Waals surface area (Å²) in [5, 5.41) is 0. The Balaban J connectivity index is 2.30. The first-order valence-corrected chi connectivity index (χ1v) is 6.82. The summed E-state index contributed by atoms with van der Waals surface area (Å²) in [5.74, 6) is -0.447. The van der Waals surface area contributed by atoms with Gasteiger partial charge in [0.15, 0.2) is 0 Å². The highest BCUT2D eigenvalue weighted by molar-refractivity contribution is 5.81. The summed E-state index contributed by atoms with van der Waals surface area (Å²) in [7, 11) is 0. The van der Waals surface area contributed by atoms with Crippen molar-refractivity contribution in [3.05, 3.63) is 53.9 Å². The normalized spacial score (nSPS) is 11.2. The van der Waals surface area contributed by atoms with Gasteiger partial charge in [0.25, 0.3) is 0 Å². The van der Waals surface area contributed by atoms with Crippen LogP contribution in [0, 0.1) is 11.6 Å². The number of benzene rings is 2. The highest BCUT2D eigenvalue weighted by Crippen LogP contribution is 2.25. The zero-order valence-electron chi connectivity index (χ0n) is 11.6. The first-order chi connectivity index (χ1) is 10.1. The molecule has 0 aliphatic carbocycles. The van der Waals surface area contributed by atoms with E-state index in [1.165, 1.54) is 12.1 Å². The van der Waals surface area contributed by atoms with E-state index in [2.05, 4.69) is 4.98 Å². The van der Waals surface area contributed by atoms with Crippen molar-refractivity contribution in [2.75, 3.05) is 5.73 Å². The third-order valence-electron chi connectivity index (χ3n) is 3.33. The van der Waals surface area contributed by atoms with Gasteiger partial charge in [-0.3, -0.25) is 4.57 Å². The molecule has 0 amide bonds. The van der Waals surface area contributed by atoms with Gasteiger partial charge < -0.3 is 5.73 Å². The molecule has 0 saturated heterocycles. The SMILES string of the molecule is CCCc1nc2cc(N)ccc2n1-c1cc(F)cc(F)c1. The molecule has 3 nitrogen and oxygen atoms in total. The number of nitrogens with two attached hydrogens (primary N) is 1. The number of fused-ring (bicyclic) bond motifs is 1. The monoisotopic (exact) mass is 287 g/mol. The molecule has 108 valence electrons. The molecule has 0 saturated carbocycles. The van der Waals surface area contributed by atoms with Gasteiger partial charge in [-0.1, -0.05) is 6.92 Å². The van der Waals surface area contributed by atoms with Crippen LogP contribution in [0.25, 0.3) is 16.7 Å². The molecule has 0 unspecified atom stereocenters. The summed E-state index contributed by atoms with van der Waals surface area (Å²) in [6, 6.07) is 8.81. The number of nitrogens with zero attached hydrogens (tertiary/aromatic N) is 2. The molecule has 0 spiro atoms. The second-order valence-electron chi connectivity index (χ2n) is 4.99. The Morgan fingerprint density at radius 3 is 2.48 bits per heavy atom. The lowest BCUT2D eigenvalue weighted by atomic mass is 10.2. The van der Waals surface area contributed by atoms with Crippen LogP contribution in [-0.2, 0) is 6.42 Å². The van der Waals surface area contributed by atoms with Gasteiger partial charge in [-0.2, -0.15) is 0 Å². The van der Waals surface area contributed by atoms with Crippen LogP contribution < -0.4 is 5.73 Å². The van der Waals surface area contributed by atoms with Crippen molar-refractivity contribution in [2.24, 2.45) is 0 Å². The van der Waals surface area contributed by atoms with Crippen molar-refractivity contribution in [1.82, 2.24) is 9.55 Å². The Morgan fingerprint density at radius 2 is 1.81 bits per heavy atom. The van der Waals surface area contributed by atoms with E-state index in [9.17, 15) is 8.78 Å². The number of imidazole rings is 1. The molecule has 0 fully saturated rings. The second kappa shape index (κ2) is 5.16. The molecule has 5 heteroatoms. The van der Waals surface area contributed by atoms with Gasteiger partial charge in [-0.25, -0.2) is 13.8 Å². The Morgan fingerprint density at radius 1 is 1.10 bits per heavy atom. The Hall–Kier alpha value is -2.43.